The van der Waals surface area contributed by atoms with Gasteiger partial charge in [0.05, 0.1) is 5.69 Å². The first-order valence-electron chi connectivity index (χ1n) is 8.05. The molecule has 1 amide bonds. The number of carbonyl (C=O) groups is 1. The van der Waals surface area contributed by atoms with Crippen molar-refractivity contribution in [2.45, 2.75) is 39.5 Å². The van der Waals surface area contributed by atoms with Gasteiger partial charge in [-0.2, -0.15) is 0 Å². The molecular weight excluding hydrogens is 306 g/mol. The van der Waals surface area contributed by atoms with Gasteiger partial charge in [0.2, 0.25) is 0 Å². The third kappa shape index (κ3) is 4.44. The zero-order chi connectivity index (χ0) is 17.7. The number of amides is 1. The van der Waals surface area contributed by atoms with Gasteiger partial charge in [0.1, 0.15) is 17.1 Å². The first-order chi connectivity index (χ1) is 11.4. The Labute approximate surface area is 141 Å². The zero-order valence-electron chi connectivity index (χ0n) is 14.2. The van der Waals surface area contributed by atoms with Crippen molar-refractivity contribution in [3.63, 3.8) is 0 Å². The number of aromatic hydroxyl groups is 1. The summed E-state index contributed by atoms with van der Waals surface area (Å²) in [5.74, 6) is 0.515. The topological polar surface area (TPSA) is 95.1 Å². The van der Waals surface area contributed by atoms with Crippen molar-refractivity contribution >= 4 is 5.91 Å². The Kier molecular flexibility index (Phi) is 5.73. The second kappa shape index (κ2) is 7.77. The molecule has 0 radical (unpaired) electrons. The van der Waals surface area contributed by atoms with Crippen molar-refractivity contribution < 1.29 is 9.90 Å². The Balaban J connectivity index is 1.93. The number of H-pyrrole nitrogens is 1. The fourth-order valence-corrected chi connectivity index (χ4v) is 2.39. The van der Waals surface area contributed by atoms with E-state index in [2.05, 4.69) is 15.3 Å². The molecule has 0 aliphatic rings. The Hall–Kier alpha value is -2.63. The van der Waals surface area contributed by atoms with E-state index in [0.717, 1.165) is 18.4 Å². The second-order valence-electron chi connectivity index (χ2n) is 6.09. The van der Waals surface area contributed by atoms with Crippen molar-refractivity contribution in [1.29, 1.82) is 0 Å². The van der Waals surface area contributed by atoms with Gasteiger partial charge in [-0.15, -0.1) is 0 Å². The minimum Gasteiger partial charge on any atom is -0.508 e. The van der Waals surface area contributed by atoms with E-state index in [1.54, 1.807) is 19.1 Å². The van der Waals surface area contributed by atoms with Crippen LogP contribution in [0, 0.1) is 6.92 Å². The SMILES string of the molecule is Cc1nc(C(C)C)[nH]c(=O)c1C(=O)NCCCc1ccc(O)cc1. The highest BCUT2D eigenvalue weighted by Crippen LogP contribution is 2.11. The number of aryl methyl sites for hydroxylation is 2. The van der Waals surface area contributed by atoms with Gasteiger partial charge in [0.15, 0.2) is 0 Å². The van der Waals surface area contributed by atoms with E-state index in [9.17, 15) is 14.7 Å². The van der Waals surface area contributed by atoms with E-state index in [1.807, 2.05) is 26.0 Å². The molecule has 1 aromatic carbocycles. The lowest BCUT2D eigenvalue weighted by molar-refractivity contribution is 0.0950. The maximum Gasteiger partial charge on any atom is 0.264 e. The molecule has 0 aliphatic carbocycles. The average molecular weight is 329 g/mol. The van der Waals surface area contributed by atoms with E-state index in [4.69, 9.17) is 0 Å². The molecule has 6 heteroatoms. The van der Waals surface area contributed by atoms with Gasteiger partial charge < -0.3 is 15.4 Å². The van der Waals surface area contributed by atoms with Crippen molar-refractivity contribution in [2.75, 3.05) is 6.54 Å². The highest BCUT2D eigenvalue weighted by molar-refractivity contribution is 5.94. The van der Waals surface area contributed by atoms with Crippen LogP contribution in [0.4, 0.5) is 0 Å². The van der Waals surface area contributed by atoms with Crippen LogP contribution >= 0.6 is 0 Å². The molecule has 3 N–H and O–H groups in total. The molecule has 0 saturated heterocycles. The number of nitrogens with zero attached hydrogens (tertiary/aromatic N) is 1. The van der Waals surface area contributed by atoms with Crippen LogP contribution in [0.5, 0.6) is 5.75 Å². The van der Waals surface area contributed by atoms with Crippen LogP contribution in [0.1, 0.15) is 53.6 Å². The summed E-state index contributed by atoms with van der Waals surface area (Å²) in [5.41, 5.74) is 1.20. The van der Waals surface area contributed by atoms with Gasteiger partial charge in [0.25, 0.3) is 11.5 Å². The van der Waals surface area contributed by atoms with Crippen LogP contribution in [0.3, 0.4) is 0 Å². The average Bonchev–Trinajstić information content (AvgIpc) is 2.52. The summed E-state index contributed by atoms with van der Waals surface area (Å²) in [7, 11) is 0. The summed E-state index contributed by atoms with van der Waals surface area (Å²) in [6, 6.07) is 6.97. The molecule has 0 unspecified atom stereocenters. The fraction of sp³-hybridized carbons (Fsp3) is 0.389. The number of rotatable bonds is 6. The lowest BCUT2D eigenvalue weighted by Gasteiger charge is -2.10. The van der Waals surface area contributed by atoms with E-state index in [-0.39, 0.29) is 17.2 Å². The number of aromatic amines is 1. The first-order valence-corrected chi connectivity index (χ1v) is 8.05. The molecular formula is C18H23N3O3. The van der Waals surface area contributed by atoms with Crippen molar-refractivity contribution in [3.8, 4) is 5.75 Å². The van der Waals surface area contributed by atoms with Gasteiger partial charge in [-0.3, -0.25) is 9.59 Å². The van der Waals surface area contributed by atoms with Gasteiger partial charge in [0, 0.05) is 12.5 Å². The number of nitrogens with one attached hydrogen (secondary N) is 2. The normalized spacial score (nSPS) is 10.8. The third-order valence-electron chi connectivity index (χ3n) is 3.76. The van der Waals surface area contributed by atoms with Crippen LogP contribution in [-0.2, 0) is 6.42 Å². The lowest BCUT2D eigenvalue weighted by atomic mass is 10.1. The minimum absolute atomic E-state index is 0.0732. The number of aromatic nitrogens is 2. The fourth-order valence-electron chi connectivity index (χ4n) is 2.39. The number of benzene rings is 1. The highest BCUT2D eigenvalue weighted by atomic mass is 16.3. The third-order valence-corrected chi connectivity index (χ3v) is 3.76. The Bertz CT molecular complexity index is 764. The van der Waals surface area contributed by atoms with E-state index < -0.39 is 11.5 Å². The summed E-state index contributed by atoms with van der Waals surface area (Å²) in [6.45, 7) is 6.00. The minimum atomic E-state index is -0.401. The van der Waals surface area contributed by atoms with Gasteiger partial charge in [-0.25, -0.2) is 4.98 Å². The lowest BCUT2D eigenvalue weighted by Crippen LogP contribution is -2.33. The molecule has 1 aromatic heterocycles. The van der Waals surface area contributed by atoms with E-state index in [0.29, 0.717) is 18.1 Å². The molecule has 0 aliphatic heterocycles. The zero-order valence-corrected chi connectivity index (χ0v) is 14.2. The smallest absolute Gasteiger partial charge is 0.264 e. The summed E-state index contributed by atoms with van der Waals surface area (Å²) < 4.78 is 0. The Morgan fingerprint density at radius 2 is 1.96 bits per heavy atom. The van der Waals surface area contributed by atoms with Gasteiger partial charge >= 0.3 is 0 Å². The molecule has 0 atom stereocenters. The van der Waals surface area contributed by atoms with Crippen molar-refractivity contribution in [3.05, 3.63) is 57.3 Å². The summed E-state index contributed by atoms with van der Waals surface area (Å²) in [4.78, 5) is 31.3. The highest BCUT2D eigenvalue weighted by Gasteiger charge is 2.16. The van der Waals surface area contributed by atoms with Gasteiger partial charge in [-0.05, 0) is 37.5 Å². The maximum atomic E-state index is 12.2. The number of phenols is 1. The molecule has 0 bridgehead atoms. The van der Waals surface area contributed by atoms with Crippen molar-refractivity contribution in [2.24, 2.45) is 0 Å². The molecule has 2 aromatic rings. The number of hydrogen-bond donors (Lipinski definition) is 3. The summed E-state index contributed by atoms with van der Waals surface area (Å²) in [5, 5.41) is 12.0. The first kappa shape index (κ1) is 17.7. The monoisotopic (exact) mass is 329 g/mol. The van der Waals surface area contributed by atoms with E-state index >= 15 is 0 Å². The van der Waals surface area contributed by atoms with Crippen molar-refractivity contribution in [1.82, 2.24) is 15.3 Å². The molecule has 2 rings (SSSR count). The Morgan fingerprint density at radius 1 is 1.29 bits per heavy atom. The van der Waals surface area contributed by atoms with Crippen LogP contribution < -0.4 is 10.9 Å². The number of carbonyl (C=O) groups excluding carboxylic acids is 1. The molecule has 6 nitrogen and oxygen atoms in total. The quantitative estimate of drug-likeness (QED) is 0.709. The predicted molar refractivity (Wildman–Crippen MR) is 92.4 cm³/mol. The van der Waals surface area contributed by atoms with Crippen LogP contribution in [0.2, 0.25) is 0 Å². The van der Waals surface area contributed by atoms with Gasteiger partial charge in [-0.1, -0.05) is 26.0 Å². The van der Waals surface area contributed by atoms with Crippen LogP contribution in [0.25, 0.3) is 0 Å². The van der Waals surface area contributed by atoms with E-state index in [1.165, 1.54) is 0 Å². The Morgan fingerprint density at radius 3 is 2.54 bits per heavy atom. The number of hydrogen-bond acceptors (Lipinski definition) is 4. The standard InChI is InChI=1S/C18H23N3O3/c1-11(2)16-20-12(3)15(18(24)21-16)17(23)19-10-4-5-13-6-8-14(22)9-7-13/h6-9,11,22H,4-5,10H2,1-3H3,(H,19,23)(H,20,21,24). The largest absolute Gasteiger partial charge is 0.508 e. The molecule has 0 saturated carbocycles. The van der Waals surface area contributed by atoms with Crippen LogP contribution in [-0.4, -0.2) is 27.5 Å². The molecule has 24 heavy (non-hydrogen) atoms. The summed E-state index contributed by atoms with van der Waals surface area (Å²) in [6.07, 6.45) is 1.52. The maximum absolute atomic E-state index is 12.2. The molecule has 0 spiro atoms. The molecule has 1 heterocycles. The number of phenolic OH excluding ortho intramolecular Hbond substituents is 1. The second-order valence-corrected chi connectivity index (χ2v) is 6.09. The molecule has 128 valence electrons. The van der Waals surface area contributed by atoms with Crippen LogP contribution in [0.15, 0.2) is 29.1 Å². The summed E-state index contributed by atoms with van der Waals surface area (Å²) >= 11 is 0. The molecule has 0 fully saturated rings. The predicted octanol–water partition coefficient (Wildman–Crippen LogP) is 2.27.